The van der Waals surface area contributed by atoms with E-state index in [-0.39, 0.29) is 5.41 Å². The van der Waals surface area contributed by atoms with E-state index in [1.807, 2.05) is 24.3 Å². The first-order valence-corrected chi connectivity index (χ1v) is 6.88. The molecule has 0 aliphatic heterocycles. The Morgan fingerprint density at radius 3 is 2.33 bits per heavy atom. The first kappa shape index (κ1) is 12.0. The normalized spacial score (nSPS) is 36.9. The largest absolute Gasteiger partial charge is 0.497 e. The van der Waals surface area contributed by atoms with Crippen molar-refractivity contribution in [2.75, 3.05) is 7.11 Å². The van der Waals surface area contributed by atoms with E-state index in [9.17, 15) is 5.11 Å². The van der Waals surface area contributed by atoms with Crippen LogP contribution < -0.4 is 4.74 Å². The highest BCUT2D eigenvalue weighted by atomic mass is 16.5. The van der Waals surface area contributed by atoms with Gasteiger partial charge in [-0.05, 0) is 42.4 Å². The fourth-order valence-corrected chi connectivity index (χ4v) is 4.42. The molecule has 2 heteroatoms. The topological polar surface area (TPSA) is 29.5 Å². The Bertz CT molecular complexity index is 449. The molecule has 3 unspecified atom stereocenters. The molecule has 3 rings (SSSR count). The molecule has 0 radical (unpaired) electrons. The van der Waals surface area contributed by atoms with Gasteiger partial charge in [0.1, 0.15) is 5.75 Å². The fourth-order valence-electron chi connectivity index (χ4n) is 4.42. The highest BCUT2D eigenvalue weighted by Crippen LogP contribution is 2.69. The molecule has 98 valence electrons. The van der Waals surface area contributed by atoms with Crippen molar-refractivity contribution in [1.29, 1.82) is 0 Å². The van der Waals surface area contributed by atoms with E-state index in [0.29, 0.717) is 11.8 Å². The second kappa shape index (κ2) is 3.74. The molecule has 18 heavy (non-hydrogen) atoms. The second-order valence-electron chi connectivity index (χ2n) is 6.36. The van der Waals surface area contributed by atoms with Crippen molar-refractivity contribution in [3.63, 3.8) is 0 Å². The van der Waals surface area contributed by atoms with Crippen LogP contribution in [-0.2, 0) is 5.60 Å². The fraction of sp³-hybridized carbons (Fsp3) is 0.625. The predicted octanol–water partition coefficient (Wildman–Crippen LogP) is 3.34. The summed E-state index contributed by atoms with van der Waals surface area (Å²) in [6.07, 6.45) is 3.70. The Kier molecular flexibility index (Phi) is 2.50. The van der Waals surface area contributed by atoms with Gasteiger partial charge in [-0.25, -0.2) is 0 Å². The quantitative estimate of drug-likeness (QED) is 0.867. The highest BCUT2D eigenvalue weighted by molar-refractivity contribution is 5.36. The number of ether oxygens (including phenoxy) is 1. The summed E-state index contributed by atoms with van der Waals surface area (Å²) in [7, 11) is 1.67. The predicted molar refractivity (Wildman–Crippen MR) is 71.5 cm³/mol. The van der Waals surface area contributed by atoms with Gasteiger partial charge in [0.15, 0.2) is 0 Å². The molecular weight excluding hydrogens is 224 g/mol. The summed E-state index contributed by atoms with van der Waals surface area (Å²) in [5, 5.41) is 11.2. The summed E-state index contributed by atoms with van der Waals surface area (Å²) in [5.41, 5.74) is 0.389. The number of methoxy groups -OCH3 is 1. The van der Waals surface area contributed by atoms with Crippen LogP contribution in [0.2, 0.25) is 0 Å². The lowest BCUT2D eigenvalue weighted by atomic mass is 9.44. The maximum atomic E-state index is 11.2. The molecule has 3 atom stereocenters. The van der Waals surface area contributed by atoms with Crippen LogP contribution in [0.15, 0.2) is 24.3 Å². The molecule has 2 saturated carbocycles. The smallest absolute Gasteiger partial charge is 0.118 e. The molecule has 2 nitrogen and oxygen atoms in total. The van der Waals surface area contributed by atoms with Crippen molar-refractivity contribution in [1.82, 2.24) is 0 Å². The van der Waals surface area contributed by atoms with Gasteiger partial charge in [-0.3, -0.25) is 0 Å². The first-order valence-electron chi connectivity index (χ1n) is 6.88. The van der Waals surface area contributed by atoms with Crippen molar-refractivity contribution in [3.8, 4) is 5.75 Å². The molecule has 0 spiro atoms. The van der Waals surface area contributed by atoms with E-state index in [2.05, 4.69) is 13.8 Å². The van der Waals surface area contributed by atoms with Crippen LogP contribution in [0.3, 0.4) is 0 Å². The number of hydrogen-bond donors (Lipinski definition) is 1. The van der Waals surface area contributed by atoms with E-state index >= 15 is 0 Å². The first-order chi connectivity index (χ1) is 8.51. The zero-order valence-electron chi connectivity index (χ0n) is 11.4. The molecule has 0 aromatic heterocycles. The minimum Gasteiger partial charge on any atom is -0.497 e. The molecule has 1 aromatic carbocycles. The molecule has 0 saturated heterocycles. The van der Waals surface area contributed by atoms with Crippen molar-refractivity contribution in [2.45, 2.75) is 38.7 Å². The maximum absolute atomic E-state index is 11.2. The Morgan fingerprint density at radius 2 is 1.72 bits per heavy atom. The zero-order valence-corrected chi connectivity index (χ0v) is 11.4. The van der Waals surface area contributed by atoms with Crippen LogP contribution in [0, 0.1) is 17.3 Å². The Balaban J connectivity index is 1.98. The standard InChI is InChI=1S/C16H22O2/c1-15(2)13-5-4-6-14(13)16(15,17)11-7-9-12(18-3)10-8-11/h7-10,13-14,17H,4-6H2,1-3H3. The Hall–Kier alpha value is -1.02. The third-order valence-electron chi connectivity index (χ3n) is 5.49. The van der Waals surface area contributed by atoms with Crippen LogP contribution >= 0.6 is 0 Å². The van der Waals surface area contributed by atoms with E-state index in [4.69, 9.17) is 4.74 Å². The number of fused-ring (bicyclic) bond motifs is 1. The lowest BCUT2D eigenvalue weighted by Gasteiger charge is -2.63. The molecular formula is C16H22O2. The van der Waals surface area contributed by atoms with Gasteiger partial charge in [0.25, 0.3) is 0 Å². The summed E-state index contributed by atoms with van der Waals surface area (Å²) in [5.74, 6) is 1.98. The number of rotatable bonds is 2. The van der Waals surface area contributed by atoms with Crippen molar-refractivity contribution in [3.05, 3.63) is 29.8 Å². The van der Waals surface area contributed by atoms with Gasteiger partial charge in [-0.1, -0.05) is 32.4 Å². The molecule has 0 bridgehead atoms. The number of benzene rings is 1. The van der Waals surface area contributed by atoms with Gasteiger partial charge >= 0.3 is 0 Å². The van der Waals surface area contributed by atoms with E-state index in [1.54, 1.807) is 7.11 Å². The summed E-state index contributed by atoms with van der Waals surface area (Å²) < 4.78 is 5.19. The highest BCUT2D eigenvalue weighted by Gasteiger charge is 2.67. The summed E-state index contributed by atoms with van der Waals surface area (Å²) in [6, 6.07) is 7.95. The van der Waals surface area contributed by atoms with Gasteiger partial charge in [-0.2, -0.15) is 0 Å². The zero-order chi connectivity index (χ0) is 13.0. The SMILES string of the molecule is COc1ccc(C2(O)C3CCCC3C2(C)C)cc1. The van der Waals surface area contributed by atoms with E-state index < -0.39 is 5.60 Å². The van der Waals surface area contributed by atoms with Gasteiger partial charge in [0.2, 0.25) is 0 Å². The van der Waals surface area contributed by atoms with Crippen molar-refractivity contribution < 1.29 is 9.84 Å². The van der Waals surface area contributed by atoms with Crippen LogP contribution in [-0.4, -0.2) is 12.2 Å². The summed E-state index contributed by atoms with van der Waals surface area (Å²) in [6.45, 7) is 4.42. The minimum absolute atomic E-state index is 0.0112. The third kappa shape index (κ3) is 1.27. The number of aliphatic hydroxyl groups is 1. The molecule has 2 fully saturated rings. The molecule has 2 aliphatic rings. The van der Waals surface area contributed by atoms with Crippen LogP contribution in [0.4, 0.5) is 0 Å². The maximum Gasteiger partial charge on any atom is 0.118 e. The molecule has 2 aliphatic carbocycles. The second-order valence-corrected chi connectivity index (χ2v) is 6.36. The van der Waals surface area contributed by atoms with Gasteiger partial charge < -0.3 is 9.84 Å². The van der Waals surface area contributed by atoms with Gasteiger partial charge in [0.05, 0.1) is 12.7 Å². The molecule has 0 amide bonds. The average Bonchev–Trinajstić information content (AvgIpc) is 2.86. The van der Waals surface area contributed by atoms with Crippen LogP contribution in [0.5, 0.6) is 5.75 Å². The third-order valence-corrected chi connectivity index (χ3v) is 5.49. The van der Waals surface area contributed by atoms with Crippen LogP contribution in [0.1, 0.15) is 38.7 Å². The monoisotopic (exact) mass is 246 g/mol. The summed E-state index contributed by atoms with van der Waals surface area (Å²) >= 11 is 0. The Morgan fingerprint density at radius 1 is 1.11 bits per heavy atom. The van der Waals surface area contributed by atoms with Crippen molar-refractivity contribution in [2.24, 2.45) is 17.3 Å². The average molecular weight is 246 g/mol. The van der Waals surface area contributed by atoms with E-state index in [0.717, 1.165) is 17.7 Å². The molecule has 0 heterocycles. The number of hydrogen-bond acceptors (Lipinski definition) is 2. The lowest BCUT2D eigenvalue weighted by Crippen LogP contribution is -2.63. The Labute approximate surface area is 109 Å². The minimum atomic E-state index is -0.652. The van der Waals surface area contributed by atoms with Crippen LogP contribution in [0.25, 0.3) is 0 Å². The van der Waals surface area contributed by atoms with E-state index in [1.165, 1.54) is 12.8 Å². The lowest BCUT2D eigenvalue weighted by molar-refractivity contribution is -0.246. The van der Waals surface area contributed by atoms with Gasteiger partial charge in [-0.15, -0.1) is 0 Å². The molecule has 1 N–H and O–H groups in total. The molecule has 1 aromatic rings. The van der Waals surface area contributed by atoms with Gasteiger partial charge in [0, 0.05) is 5.41 Å². The van der Waals surface area contributed by atoms with Crippen molar-refractivity contribution >= 4 is 0 Å². The summed E-state index contributed by atoms with van der Waals surface area (Å²) in [4.78, 5) is 0.